The minimum Gasteiger partial charge on any atom is -0.497 e. The van der Waals surface area contributed by atoms with Crippen LogP contribution < -0.4 is 15.4 Å². The molecule has 5 nitrogen and oxygen atoms in total. The molecule has 0 bridgehead atoms. The number of ether oxygens (including phenoxy) is 1. The fraction of sp³-hybridized carbons (Fsp3) is 0.235. The molecule has 0 fully saturated rings. The Morgan fingerprint density at radius 3 is 2.39 bits per heavy atom. The summed E-state index contributed by atoms with van der Waals surface area (Å²) in [7, 11) is 1.60. The van der Waals surface area contributed by atoms with Crippen LogP contribution in [0.2, 0.25) is 5.02 Å². The largest absolute Gasteiger partial charge is 0.497 e. The first-order valence-corrected chi connectivity index (χ1v) is 7.54. The molecule has 2 aromatic rings. The lowest BCUT2D eigenvalue weighted by molar-refractivity contribution is 0.173. The minimum absolute atomic E-state index is 0.121. The summed E-state index contributed by atoms with van der Waals surface area (Å²) in [5.41, 5.74) is 1.66. The van der Waals surface area contributed by atoms with E-state index in [1.54, 1.807) is 31.4 Å². The Bertz CT molecular complexity index is 629. The van der Waals surface area contributed by atoms with Gasteiger partial charge in [0.05, 0.1) is 13.2 Å². The van der Waals surface area contributed by atoms with Crippen LogP contribution in [0.3, 0.4) is 0 Å². The molecular weight excluding hydrogens is 316 g/mol. The van der Waals surface area contributed by atoms with Crippen molar-refractivity contribution in [2.75, 3.05) is 13.7 Å². The lowest BCUT2D eigenvalue weighted by Gasteiger charge is -2.13. The van der Waals surface area contributed by atoms with Crippen molar-refractivity contribution in [1.82, 2.24) is 10.6 Å². The second-order valence-corrected chi connectivity index (χ2v) is 5.42. The van der Waals surface area contributed by atoms with Crippen molar-refractivity contribution in [3.63, 3.8) is 0 Å². The molecule has 0 aromatic heterocycles. The van der Waals surface area contributed by atoms with E-state index in [1.807, 2.05) is 24.3 Å². The first kappa shape index (κ1) is 17.1. The maximum absolute atomic E-state index is 11.8. The Morgan fingerprint density at radius 2 is 1.78 bits per heavy atom. The summed E-state index contributed by atoms with van der Waals surface area (Å²) < 4.78 is 5.07. The summed E-state index contributed by atoms with van der Waals surface area (Å²) in [5.74, 6) is 0.768. The van der Waals surface area contributed by atoms with Crippen LogP contribution in [0.5, 0.6) is 5.75 Å². The number of hydrogen-bond donors (Lipinski definition) is 3. The molecule has 0 aliphatic rings. The summed E-state index contributed by atoms with van der Waals surface area (Å²) in [6.45, 7) is 0.517. The summed E-state index contributed by atoms with van der Waals surface area (Å²) in [4.78, 5) is 11.8. The first-order valence-electron chi connectivity index (χ1n) is 7.16. The average molecular weight is 335 g/mol. The number of carbonyl (C=O) groups is 1. The van der Waals surface area contributed by atoms with Crippen LogP contribution >= 0.6 is 11.6 Å². The molecule has 0 unspecified atom stereocenters. The zero-order valence-corrected chi connectivity index (χ0v) is 13.5. The van der Waals surface area contributed by atoms with Crippen LogP contribution in [-0.2, 0) is 6.54 Å². The summed E-state index contributed by atoms with van der Waals surface area (Å²) in [6.07, 6.45) is -0.779. The van der Waals surface area contributed by atoms with Crippen molar-refractivity contribution in [2.24, 2.45) is 0 Å². The zero-order chi connectivity index (χ0) is 16.7. The van der Waals surface area contributed by atoms with E-state index in [0.717, 1.165) is 11.3 Å². The van der Waals surface area contributed by atoms with E-state index >= 15 is 0 Å². The smallest absolute Gasteiger partial charge is 0.315 e. The quantitative estimate of drug-likeness (QED) is 0.760. The third-order valence-electron chi connectivity index (χ3n) is 3.32. The zero-order valence-electron chi connectivity index (χ0n) is 12.8. The minimum atomic E-state index is -0.779. The Kier molecular flexibility index (Phi) is 6.26. The highest BCUT2D eigenvalue weighted by atomic mass is 35.5. The number of methoxy groups -OCH3 is 1. The van der Waals surface area contributed by atoms with E-state index in [9.17, 15) is 9.90 Å². The van der Waals surface area contributed by atoms with Crippen molar-refractivity contribution in [3.8, 4) is 5.75 Å². The second kappa shape index (κ2) is 8.41. The molecule has 0 spiro atoms. The Hall–Kier alpha value is -2.24. The van der Waals surface area contributed by atoms with E-state index in [2.05, 4.69) is 10.6 Å². The van der Waals surface area contributed by atoms with E-state index in [0.29, 0.717) is 17.1 Å². The molecule has 23 heavy (non-hydrogen) atoms. The number of hydrogen-bond acceptors (Lipinski definition) is 3. The van der Waals surface area contributed by atoms with Gasteiger partial charge in [-0.3, -0.25) is 0 Å². The SMILES string of the molecule is COc1ccc(CNC(=O)NC[C@H](O)c2ccc(Cl)cc2)cc1. The van der Waals surface area contributed by atoms with E-state index in [-0.39, 0.29) is 12.6 Å². The van der Waals surface area contributed by atoms with Crippen LogP contribution in [0.4, 0.5) is 4.79 Å². The van der Waals surface area contributed by atoms with Crippen molar-refractivity contribution in [2.45, 2.75) is 12.6 Å². The van der Waals surface area contributed by atoms with Gasteiger partial charge in [0.2, 0.25) is 0 Å². The molecule has 0 saturated carbocycles. The van der Waals surface area contributed by atoms with Gasteiger partial charge in [0, 0.05) is 18.1 Å². The number of nitrogens with one attached hydrogen (secondary N) is 2. The fourth-order valence-corrected chi connectivity index (χ4v) is 2.11. The number of benzene rings is 2. The highest BCUT2D eigenvalue weighted by Gasteiger charge is 2.09. The molecule has 2 amide bonds. The molecule has 6 heteroatoms. The Morgan fingerprint density at radius 1 is 1.13 bits per heavy atom. The third-order valence-corrected chi connectivity index (χ3v) is 3.57. The fourth-order valence-electron chi connectivity index (χ4n) is 1.98. The van der Waals surface area contributed by atoms with Gasteiger partial charge >= 0.3 is 6.03 Å². The molecule has 0 radical (unpaired) electrons. The highest BCUT2D eigenvalue weighted by Crippen LogP contribution is 2.15. The van der Waals surface area contributed by atoms with E-state index in [4.69, 9.17) is 16.3 Å². The average Bonchev–Trinajstić information content (AvgIpc) is 2.59. The standard InChI is InChI=1S/C17H19ClN2O3/c1-23-15-8-2-12(3-9-15)10-19-17(22)20-11-16(21)13-4-6-14(18)7-5-13/h2-9,16,21H,10-11H2,1H3,(H2,19,20,22)/t16-/m0/s1. The predicted octanol–water partition coefficient (Wildman–Crippen LogP) is 2.88. The lowest BCUT2D eigenvalue weighted by Crippen LogP contribution is -2.37. The van der Waals surface area contributed by atoms with Crippen molar-refractivity contribution in [3.05, 3.63) is 64.7 Å². The van der Waals surface area contributed by atoms with Crippen LogP contribution in [0.1, 0.15) is 17.2 Å². The number of rotatable bonds is 6. The number of aliphatic hydroxyl groups excluding tert-OH is 1. The van der Waals surface area contributed by atoms with Crippen LogP contribution in [0.15, 0.2) is 48.5 Å². The highest BCUT2D eigenvalue weighted by molar-refractivity contribution is 6.30. The first-order chi connectivity index (χ1) is 11.1. The maximum Gasteiger partial charge on any atom is 0.315 e. The number of halogens is 1. The van der Waals surface area contributed by atoms with Gasteiger partial charge in [-0.05, 0) is 35.4 Å². The van der Waals surface area contributed by atoms with E-state index < -0.39 is 6.10 Å². The van der Waals surface area contributed by atoms with Gasteiger partial charge in [-0.2, -0.15) is 0 Å². The lowest BCUT2D eigenvalue weighted by atomic mass is 10.1. The van der Waals surface area contributed by atoms with Gasteiger partial charge in [-0.15, -0.1) is 0 Å². The number of urea groups is 1. The van der Waals surface area contributed by atoms with Gasteiger partial charge in [0.25, 0.3) is 0 Å². The molecule has 122 valence electrons. The topological polar surface area (TPSA) is 70.6 Å². The number of aliphatic hydroxyl groups is 1. The molecule has 0 saturated heterocycles. The monoisotopic (exact) mass is 334 g/mol. The second-order valence-electron chi connectivity index (χ2n) is 4.98. The van der Waals surface area contributed by atoms with Gasteiger partial charge in [-0.25, -0.2) is 4.79 Å². The number of carbonyl (C=O) groups excluding carboxylic acids is 1. The van der Waals surface area contributed by atoms with Crippen LogP contribution in [0, 0.1) is 0 Å². The molecular formula is C17H19ClN2O3. The molecule has 3 N–H and O–H groups in total. The normalized spacial score (nSPS) is 11.6. The molecule has 1 atom stereocenters. The Balaban J connectivity index is 1.74. The van der Waals surface area contributed by atoms with Gasteiger partial charge < -0.3 is 20.5 Å². The third kappa shape index (κ3) is 5.47. The predicted molar refractivity (Wildman–Crippen MR) is 89.6 cm³/mol. The molecule has 0 heterocycles. The van der Waals surface area contributed by atoms with Crippen molar-refractivity contribution < 1.29 is 14.6 Å². The van der Waals surface area contributed by atoms with Crippen LogP contribution in [-0.4, -0.2) is 24.8 Å². The number of amides is 2. The van der Waals surface area contributed by atoms with Crippen molar-refractivity contribution in [1.29, 1.82) is 0 Å². The van der Waals surface area contributed by atoms with Gasteiger partial charge in [0.15, 0.2) is 0 Å². The Labute approximate surface area is 140 Å². The molecule has 2 rings (SSSR count). The maximum atomic E-state index is 11.8. The molecule has 2 aromatic carbocycles. The summed E-state index contributed by atoms with van der Waals surface area (Å²) in [6, 6.07) is 13.9. The van der Waals surface area contributed by atoms with Crippen LogP contribution in [0.25, 0.3) is 0 Å². The summed E-state index contributed by atoms with van der Waals surface area (Å²) >= 11 is 5.79. The molecule has 0 aliphatic heterocycles. The molecule has 0 aliphatic carbocycles. The van der Waals surface area contributed by atoms with E-state index in [1.165, 1.54) is 0 Å². The van der Waals surface area contributed by atoms with Crippen molar-refractivity contribution >= 4 is 17.6 Å². The van der Waals surface area contributed by atoms with Gasteiger partial charge in [-0.1, -0.05) is 35.9 Å². The van der Waals surface area contributed by atoms with Gasteiger partial charge in [0.1, 0.15) is 5.75 Å². The summed E-state index contributed by atoms with van der Waals surface area (Å²) in [5, 5.41) is 16.0.